The summed E-state index contributed by atoms with van der Waals surface area (Å²) in [6.45, 7) is 2.35. The van der Waals surface area contributed by atoms with Gasteiger partial charge < -0.3 is 16.2 Å². The molecule has 1 aromatic carbocycles. The molecule has 0 aliphatic heterocycles. The number of amides is 2. The van der Waals surface area contributed by atoms with Crippen LogP contribution in [0.25, 0.3) is 0 Å². The monoisotopic (exact) mass is 292 g/mol. The van der Waals surface area contributed by atoms with E-state index in [0.29, 0.717) is 30.7 Å². The second-order valence-electron chi connectivity index (χ2n) is 4.28. The van der Waals surface area contributed by atoms with E-state index in [9.17, 15) is 9.59 Å². The maximum atomic E-state index is 11.5. The summed E-state index contributed by atoms with van der Waals surface area (Å²) in [5.41, 5.74) is 14.8. The largest absolute Gasteiger partial charge is 0.462 e. The highest BCUT2D eigenvalue weighted by Gasteiger charge is 2.06. The van der Waals surface area contributed by atoms with Gasteiger partial charge in [0.2, 0.25) is 0 Å². The fraction of sp³-hybridized carbons (Fsp3) is 0.357. The Labute approximate surface area is 123 Å². The number of hydrazone groups is 1. The smallest absolute Gasteiger partial charge is 0.338 e. The number of carbonyl (C=O) groups excluding carboxylic acids is 2. The van der Waals surface area contributed by atoms with Gasteiger partial charge in [0.1, 0.15) is 0 Å². The summed E-state index contributed by atoms with van der Waals surface area (Å²) in [5, 5.41) is 3.82. The molecule has 0 spiro atoms. The Balaban J connectivity index is 2.57. The van der Waals surface area contributed by atoms with Crippen LogP contribution in [0.1, 0.15) is 29.3 Å². The summed E-state index contributed by atoms with van der Waals surface area (Å²) in [7, 11) is 0. The molecule has 114 valence electrons. The van der Waals surface area contributed by atoms with E-state index < -0.39 is 6.03 Å². The van der Waals surface area contributed by atoms with Gasteiger partial charge in [-0.05, 0) is 37.5 Å². The van der Waals surface area contributed by atoms with Crippen LogP contribution in [-0.2, 0) is 11.2 Å². The number of nitrogens with zero attached hydrogens (tertiary/aromatic N) is 1. The van der Waals surface area contributed by atoms with E-state index in [4.69, 9.17) is 16.2 Å². The Bertz CT molecular complexity index is 511. The van der Waals surface area contributed by atoms with Crippen LogP contribution in [0.15, 0.2) is 29.4 Å². The standard InChI is InChI=1S/C14H20N4O3/c1-2-21-13(19)11-6-3-10(4-7-11)5-8-12(9-15)17-18-14(16)20/h3-4,6-7H,2,5,8-9,15H2,1H3,(H3,16,18,20)/b17-12-. The van der Waals surface area contributed by atoms with Crippen molar-refractivity contribution in [2.24, 2.45) is 16.6 Å². The minimum absolute atomic E-state index is 0.237. The maximum absolute atomic E-state index is 11.5. The molecular weight excluding hydrogens is 272 g/mol. The number of ether oxygens (including phenoxy) is 1. The highest BCUT2D eigenvalue weighted by atomic mass is 16.5. The highest BCUT2D eigenvalue weighted by molar-refractivity contribution is 5.89. The first-order valence-electron chi connectivity index (χ1n) is 6.63. The van der Waals surface area contributed by atoms with Gasteiger partial charge in [-0.25, -0.2) is 15.0 Å². The lowest BCUT2D eigenvalue weighted by atomic mass is 10.1. The Morgan fingerprint density at radius 2 is 1.95 bits per heavy atom. The molecule has 0 aliphatic rings. The lowest BCUT2D eigenvalue weighted by molar-refractivity contribution is 0.0526. The molecule has 0 aromatic heterocycles. The predicted molar refractivity (Wildman–Crippen MR) is 79.9 cm³/mol. The van der Waals surface area contributed by atoms with Gasteiger partial charge in [0, 0.05) is 6.54 Å². The van der Waals surface area contributed by atoms with Gasteiger partial charge in [0.05, 0.1) is 17.9 Å². The van der Waals surface area contributed by atoms with Crippen molar-refractivity contribution in [3.05, 3.63) is 35.4 Å². The minimum atomic E-state index is -0.722. The van der Waals surface area contributed by atoms with Gasteiger partial charge in [0.25, 0.3) is 0 Å². The molecule has 7 heteroatoms. The van der Waals surface area contributed by atoms with E-state index >= 15 is 0 Å². The number of nitrogens with one attached hydrogen (secondary N) is 1. The number of hydrogen-bond acceptors (Lipinski definition) is 5. The first-order valence-corrected chi connectivity index (χ1v) is 6.63. The Kier molecular flexibility index (Phi) is 6.90. The lowest BCUT2D eigenvalue weighted by Gasteiger charge is -2.06. The molecule has 0 saturated carbocycles. The number of benzene rings is 1. The molecule has 0 bridgehead atoms. The molecule has 7 nitrogen and oxygen atoms in total. The van der Waals surface area contributed by atoms with Crippen molar-refractivity contribution >= 4 is 17.7 Å². The van der Waals surface area contributed by atoms with E-state index in [1.807, 2.05) is 12.1 Å². The van der Waals surface area contributed by atoms with E-state index in [1.165, 1.54) is 0 Å². The Morgan fingerprint density at radius 3 is 2.48 bits per heavy atom. The molecule has 0 unspecified atom stereocenters. The molecule has 5 N–H and O–H groups in total. The van der Waals surface area contributed by atoms with Gasteiger partial charge in [-0.3, -0.25) is 0 Å². The fourth-order valence-electron chi connectivity index (χ4n) is 1.65. The van der Waals surface area contributed by atoms with Gasteiger partial charge >= 0.3 is 12.0 Å². The number of nitrogens with two attached hydrogens (primary N) is 2. The number of rotatable bonds is 7. The molecule has 0 heterocycles. The molecule has 2 amide bonds. The van der Waals surface area contributed by atoms with Gasteiger partial charge in [-0.1, -0.05) is 12.1 Å². The van der Waals surface area contributed by atoms with Gasteiger partial charge in [-0.2, -0.15) is 5.10 Å². The minimum Gasteiger partial charge on any atom is -0.462 e. The van der Waals surface area contributed by atoms with Gasteiger partial charge in [-0.15, -0.1) is 0 Å². The molecule has 0 atom stereocenters. The van der Waals surface area contributed by atoms with Gasteiger partial charge in [0.15, 0.2) is 0 Å². The van der Waals surface area contributed by atoms with Crippen LogP contribution >= 0.6 is 0 Å². The number of hydrogen-bond donors (Lipinski definition) is 3. The number of urea groups is 1. The van der Waals surface area contributed by atoms with E-state index in [0.717, 1.165) is 5.56 Å². The fourth-order valence-corrected chi connectivity index (χ4v) is 1.65. The molecule has 0 fully saturated rings. The third-order valence-corrected chi connectivity index (χ3v) is 2.73. The number of esters is 1. The average molecular weight is 292 g/mol. The van der Waals surface area contributed by atoms with Crippen molar-refractivity contribution in [2.45, 2.75) is 19.8 Å². The lowest BCUT2D eigenvalue weighted by Crippen LogP contribution is -2.27. The highest BCUT2D eigenvalue weighted by Crippen LogP contribution is 2.08. The van der Waals surface area contributed by atoms with Crippen molar-refractivity contribution in [3.8, 4) is 0 Å². The Hall–Kier alpha value is -2.41. The van der Waals surface area contributed by atoms with E-state index in [2.05, 4.69) is 10.5 Å². The topological polar surface area (TPSA) is 120 Å². The zero-order chi connectivity index (χ0) is 15.7. The molecule has 0 saturated heterocycles. The molecule has 1 rings (SSSR count). The zero-order valence-corrected chi connectivity index (χ0v) is 12.0. The second-order valence-corrected chi connectivity index (χ2v) is 4.28. The number of primary amides is 1. The van der Waals surface area contributed by atoms with Crippen LogP contribution in [0.4, 0.5) is 4.79 Å². The molecular formula is C14H20N4O3. The first-order chi connectivity index (χ1) is 10.1. The summed E-state index contributed by atoms with van der Waals surface area (Å²) in [5.74, 6) is -0.334. The van der Waals surface area contributed by atoms with Crippen molar-refractivity contribution < 1.29 is 14.3 Å². The van der Waals surface area contributed by atoms with Crippen LogP contribution in [0, 0.1) is 0 Å². The zero-order valence-electron chi connectivity index (χ0n) is 12.0. The molecule has 1 aromatic rings. The van der Waals surface area contributed by atoms with Crippen LogP contribution in [0.3, 0.4) is 0 Å². The summed E-state index contributed by atoms with van der Waals surface area (Å²) in [4.78, 5) is 22.1. The third-order valence-electron chi connectivity index (χ3n) is 2.73. The van der Waals surface area contributed by atoms with Crippen molar-refractivity contribution in [2.75, 3.05) is 13.2 Å². The predicted octanol–water partition coefficient (Wildman–Crippen LogP) is 0.779. The molecule has 0 radical (unpaired) electrons. The van der Waals surface area contributed by atoms with Crippen molar-refractivity contribution in [1.29, 1.82) is 0 Å². The van der Waals surface area contributed by atoms with Crippen LogP contribution in [0.2, 0.25) is 0 Å². The Morgan fingerprint density at radius 1 is 1.29 bits per heavy atom. The summed E-state index contributed by atoms with van der Waals surface area (Å²) < 4.78 is 4.91. The maximum Gasteiger partial charge on any atom is 0.338 e. The summed E-state index contributed by atoms with van der Waals surface area (Å²) >= 11 is 0. The average Bonchev–Trinajstić information content (AvgIpc) is 2.48. The van der Waals surface area contributed by atoms with E-state index in [1.54, 1.807) is 19.1 Å². The second kappa shape index (κ2) is 8.70. The SMILES string of the molecule is CCOC(=O)c1ccc(CC/C(CN)=N/NC(N)=O)cc1. The van der Waals surface area contributed by atoms with Crippen molar-refractivity contribution in [1.82, 2.24) is 5.43 Å². The normalized spacial score (nSPS) is 11.0. The van der Waals surface area contributed by atoms with Crippen LogP contribution < -0.4 is 16.9 Å². The summed E-state index contributed by atoms with van der Waals surface area (Å²) in [6, 6.07) is 6.41. The van der Waals surface area contributed by atoms with Crippen molar-refractivity contribution in [3.63, 3.8) is 0 Å². The van der Waals surface area contributed by atoms with Crippen LogP contribution in [-0.4, -0.2) is 30.9 Å². The first kappa shape index (κ1) is 16.6. The van der Waals surface area contributed by atoms with E-state index in [-0.39, 0.29) is 12.5 Å². The molecule has 0 aliphatic carbocycles. The van der Waals surface area contributed by atoms with Crippen LogP contribution in [0.5, 0.6) is 0 Å². The quantitative estimate of drug-likeness (QED) is 0.390. The molecule has 21 heavy (non-hydrogen) atoms. The third kappa shape index (κ3) is 6.05. The number of aryl methyl sites for hydroxylation is 1. The number of carbonyl (C=O) groups is 2. The summed E-state index contributed by atoms with van der Waals surface area (Å²) in [6.07, 6.45) is 1.29.